The highest BCUT2D eigenvalue weighted by Gasteiger charge is 2.29. The maximum absolute atomic E-state index is 13.0. The third-order valence-electron chi connectivity index (χ3n) is 18.2. The Bertz CT molecular complexity index is 2650. The molecule has 4 N–H and O–H groups in total. The average Bonchev–Trinajstić information content (AvgIpc) is 0.901. The van der Waals surface area contributed by atoms with E-state index in [1.807, 2.05) is 0 Å². The minimum Gasteiger partial charge on any atom is -0.463 e. The number of unbranched alkanes of at least 4 members (excludes halogenated alkanes) is 33. The lowest BCUT2D eigenvalue weighted by molar-refractivity contribution is -0.161. The van der Waals surface area contributed by atoms with Gasteiger partial charge in [0, 0.05) is 19.3 Å². The van der Waals surface area contributed by atoms with Crippen LogP contribution in [0.2, 0.25) is 0 Å². The van der Waals surface area contributed by atoms with Crippen molar-refractivity contribution in [1.29, 1.82) is 0 Å². The van der Waals surface area contributed by atoms with Crippen LogP contribution >= 0.6 is 15.6 Å². The summed E-state index contributed by atoms with van der Waals surface area (Å²) in [5, 5.41) is 20.7. The van der Waals surface area contributed by atoms with Gasteiger partial charge in [-0.25, -0.2) is 9.13 Å². The van der Waals surface area contributed by atoms with Gasteiger partial charge in [-0.2, -0.15) is 0 Å². The molecule has 0 aromatic carbocycles. The van der Waals surface area contributed by atoms with Crippen molar-refractivity contribution in [3.8, 4) is 0 Å². The average molecular weight is 1590 g/mol. The van der Waals surface area contributed by atoms with E-state index in [2.05, 4.69) is 179 Å². The topological polar surface area (TPSA) is 231 Å². The number of allylic oxidation sites excluding steroid dienone is 26. The fraction of sp³-hybridized carbons (Fsp3) is 0.688. The summed E-state index contributed by atoms with van der Waals surface area (Å²) >= 11 is 0. The van der Waals surface area contributed by atoms with Crippen LogP contribution in [0.15, 0.2) is 158 Å². The van der Waals surface area contributed by atoms with Crippen molar-refractivity contribution in [3.63, 3.8) is 0 Å². The van der Waals surface area contributed by atoms with Crippen LogP contribution in [0.3, 0.4) is 0 Å². The SMILES string of the molecule is CC/C=C\C/C=C\C/C=C\C/C=C\C/C=C\C/C=C\CCCCCCCCCCCCCCCCCCC(=O)OCC(O)COP(=O)(O)OCC(O)COP(=O)(O)OCC(COC(=O)CCCCCCC/C=C\C/C=C\C/C=C\C/C=C\CCCCC)OC(=O)CCCCCCCC/C=C\C/C=C\C/C=C\CCCCC. The second-order valence-corrected chi connectivity index (χ2v) is 31.9. The minimum absolute atomic E-state index is 0.0823. The molecule has 636 valence electrons. The van der Waals surface area contributed by atoms with Crippen LogP contribution < -0.4 is 0 Å². The zero-order chi connectivity index (χ0) is 80.8. The lowest BCUT2D eigenvalue weighted by atomic mass is 10.0. The zero-order valence-electron chi connectivity index (χ0n) is 69.8. The molecule has 0 aromatic rings. The van der Waals surface area contributed by atoms with Crippen LogP contribution in [0, 0.1) is 0 Å². The first kappa shape index (κ1) is 106. The molecule has 0 aromatic heterocycles. The molecular formula is C93H158O16P2. The lowest BCUT2D eigenvalue weighted by Gasteiger charge is -2.21. The Labute approximate surface area is 676 Å². The van der Waals surface area contributed by atoms with Gasteiger partial charge >= 0.3 is 33.6 Å². The highest BCUT2D eigenvalue weighted by Crippen LogP contribution is 2.45. The first-order valence-corrected chi connectivity index (χ1v) is 46.8. The molecule has 5 unspecified atom stereocenters. The number of hydrogen-bond donors (Lipinski definition) is 4. The largest absolute Gasteiger partial charge is 0.472 e. The maximum atomic E-state index is 13.0. The third-order valence-corrected chi connectivity index (χ3v) is 20.1. The van der Waals surface area contributed by atoms with Gasteiger partial charge in [-0.15, -0.1) is 0 Å². The van der Waals surface area contributed by atoms with Crippen LogP contribution in [0.25, 0.3) is 0 Å². The molecule has 0 saturated carbocycles. The molecule has 0 bridgehead atoms. The van der Waals surface area contributed by atoms with Gasteiger partial charge in [-0.1, -0.05) is 339 Å². The molecule has 0 saturated heterocycles. The number of aliphatic hydroxyl groups is 2. The molecule has 16 nitrogen and oxygen atoms in total. The van der Waals surface area contributed by atoms with Crippen molar-refractivity contribution < 1.29 is 75.8 Å². The monoisotopic (exact) mass is 1590 g/mol. The molecule has 0 amide bonds. The number of rotatable bonds is 82. The van der Waals surface area contributed by atoms with Gasteiger partial charge in [0.1, 0.15) is 25.4 Å². The first-order chi connectivity index (χ1) is 54.2. The van der Waals surface area contributed by atoms with E-state index in [1.54, 1.807) is 0 Å². The molecule has 0 aliphatic carbocycles. The quantitative estimate of drug-likeness (QED) is 0.0146. The van der Waals surface area contributed by atoms with Crippen molar-refractivity contribution in [2.45, 2.75) is 373 Å². The molecule has 0 radical (unpaired) electrons. The highest BCUT2D eigenvalue weighted by molar-refractivity contribution is 7.47. The smallest absolute Gasteiger partial charge is 0.463 e. The van der Waals surface area contributed by atoms with E-state index < -0.39 is 91.5 Å². The van der Waals surface area contributed by atoms with Gasteiger partial charge in [0.2, 0.25) is 0 Å². The molecule has 0 spiro atoms. The fourth-order valence-electron chi connectivity index (χ4n) is 11.6. The van der Waals surface area contributed by atoms with Crippen molar-refractivity contribution in [2.75, 3.05) is 39.6 Å². The van der Waals surface area contributed by atoms with Crippen LogP contribution in [0.5, 0.6) is 0 Å². The molecule has 5 atom stereocenters. The number of aliphatic hydroxyl groups excluding tert-OH is 2. The fourth-order valence-corrected chi connectivity index (χ4v) is 13.2. The third kappa shape index (κ3) is 85.9. The Kier molecular flexibility index (Phi) is 80.9. The number of phosphoric ester groups is 2. The predicted molar refractivity (Wildman–Crippen MR) is 463 cm³/mol. The number of phosphoric acid groups is 2. The number of carbonyl (C=O) groups excluding carboxylic acids is 3. The summed E-state index contributed by atoms with van der Waals surface area (Å²) in [6.07, 6.45) is 107. The van der Waals surface area contributed by atoms with Gasteiger partial charge in [-0.3, -0.25) is 32.5 Å². The van der Waals surface area contributed by atoms with Crippen molar-refractivity contribution in [3.05, 3.63) is 158 Å². The molecule has 0 rings (SSSR count). The van der Waals surface area contributed by atoms with Crippen LogP contribution in [0.1, 0.15) is 355 Å². The summed E-state index contributed by atoms with van der Waals surface area (Å²) in [6.45, 7) is 2.50. The van der Waals surface area contributed by atoms with E-state index in [-0.39, 0.29) is 19.3 Å². The molecule has 18 heteroatoms. The van der Waals surface area contributed by atoms with Crippen molar-refractivity contribution >= 4 is 33.6 Å². The normalized spacial score (nSPS) is 14.6. The van der Waals surface area contributed by atoms with E-state index in [0.717, 1.165) is 167 Å². The second kappa shape index (κ2) is 84.6. The van der Waals surface area contributed by atoms with Crippen LogP contribution in [-0.4, -0.2) is 95.9 Å². The Morgan fingerprint density at radius 1 is 0.261 bits per heavy atom. The van der Waals surface area contributed by atoms with Crippen LogP contribution in [0.4, 0.5) is 0 Å². The number of esters is 3. The molecule has 0 fully saturated rings. The minimum atomic E-state index is -4.95. The van der Waals surface area contributed by atoms with E-state index in [0.29, 0.717) is 19.3 Å². The molecule has 0 aliphatic heterocycles. The second-order valence-electron chi connectivity index (χ2n) is 29.0. The van der Waals surface area contributed by atoms with Crippen molar-refractivity contribution in [1.82, 2.24) is 0 Å². The summed E-state index contributed by atoms with van der Waals surface area (Å²) < 4.78 is 61.3. The molecule has 0 heterocycles. The van der Waals surface area contributed by atoms with Gasteiger partial charge < -0.3 is 34.2 Å². The van der Waals surface area contributed by atoms with Crippen LogP contribution in [-0.2, 0) is 55.8 Å². The van der Waals surface area contributed by atoms with E-state index >= 15 is 0 Å². The number of carbonyl (C=O) groups is 3. The summed E-state index contributed by atoms with van der Waals surface area (Å²) in [5.74, 6) is -1.61. The summed E-state index contributed by atoms with van der Waals surface area (Å²) in [7, 11) is -9.81. The van der Waals surface area contributed by atoms with Gasteiger partial charge in [0.05, 0.1) is 26.4 Å². The van der Waals surface area contributed by atoms with Gasteiger partial charge in [-0.05, 0) is 154 Å². The van der Waals surface area contributed by atoms with Gasteiger partial charge in [0.25, 0.3) is 0 Å². The number of ether oxygens (including phenoxy) is 3. The highest BCUT2D eigenvalue weighted by atomic mass is 31.2. The molecule has 0 aliphatic rings. The molecular weight excluding hydrogens is 1430 g/mol. The number of hydrogen-bond acceptors (Lipinski definition) is 14. The van der Waals surface area contributed by atoms with E-state index in [9.17, 15) is 43.5 Å². The van der Waals surface area contributed by atoms with E-state index in [4.69, 9.17) is 32.3 Å². The summed E-state index contributed by atoms with van der Waals surface area (Å²) in [5.41, 5.74) is 0. The van der Waals surface area contributed by atoms with Crippen molar-refractivity contribution in [2.24, 2.45) is 0 Å². The van der Waals surface area contributed by atoms with Gasteiger partial charge in [0.15, 0.2) is 6.10 Å². The Morgan fingerprint density at radius 2 is 0.477 bits per heavy atom. The Balaban J connectivity index is 4.51. The zero-order valence-corrected chi connectivity index (χ0v) is 71.6. The Hall–Kier alpha value is -4.83. The summed E-state index contributed by atoms with van der Waals surface area (Å²) in [6, 6.07) is 0. The Morgan fingerprint density at radius 3 is 0.757 bits per heavy atom. The lowest BCUT2D eigenvalue weighted by Crippen LogP contribution is -2.30. The molecule has 111 heavy (non-hydrogen) atoms. The maximum Gasteiger partial charge on any atom is 0.472 e. The standard InChI is InChI=1S/C93H158O16P2/c1-4-7-10-13-16-19-22-25-28-31-34-36-37-38-39-40-41-42-43-44-45-46-47-48-49-51-54-55-58-61-64-67-70-73-76-79-91(96)103-82-88(94)83-105-110(99,100)106-84-89(95)85-107-111(101,102)108-87-90(109-93(98)81-78-75-72-69-66-63-60-57-52-33-30-27-24-21-18-15-12-9-6-3)86-104-92(97)80-77-74-71-68-65-62-59-56-53-50-35-32-29-26-23-20-17-14-11-8-5-2/h7,10,16-21,25-30,34-36,38-39,41-42,50,52,56-57,59,88-90,94-95H,4-6,8-9,11-15,22-24,31-33,37,40,43-49,51,53-55,58,60-87H2,1-3H3,(H,99,100)(H,101,102)/b10-7-,19-16-,20-17-,21-18-,28-25-,29-26-,30-27-,36-34-,39-38-,42-41-,50-35-,57-52-,59-56-. The van der Waals surface area contributed by atoms with E-state index in [1.165, 1.54) is 128 Å². The first-order valence-electron chi connectivity index (χ1n) is 43.8. The summed E-state index contributed by atoms with van der Waals surface area (Å²) in [4.78, 5) is 58.8. The predicted octanol–water partition coefficient (Wildman–Crippen LogP) is 26.5.